The maximum atomic E-state index is 12.8. The van der Waals surface area contributed by atoms with Crippen LogP contribution in [0.25, 0.3) is 0 Å². The summed E-state index contributed by atoms with van der Waals surface area (Å²) in [7, 11) is 0. The molecule has 0 spiro atoms. The zero-order valence-electron chi connectivity index (χ0n) is 15.8. The maximum absolute atomic E-state index is 12.8. The molecule has 4 nitrogen and oxygen atoms in total. The molecule has 0 bridgehead atoms. The van der Waals surface area contributed by atoms with Crippen LogP contribution in [0.3, 0.4) is 0 Å². The van der Waals surface area contributed by atoms with Gasteiger partial charge in [0.05, 0.1) is 6.61 Å². The van der Waals surface area contributed by atoms with Crippen molar-refractivity contribution in [2.24, 2.45) is 5.73 Å². The van der Waals surface area contributed by atoms with E-state index in [1.807, 2.05) is 19.9 Å². The lowest BCUT2D eigenvalue weighted by Gasteiger charge is -2.24. The fraction of sp³-hybridized carbons (Fsp3) is 0.381. The van der Waals surface area contributed by atoms with Crippen LogP contribution in [0.2, 0.25) is 5.02 Å². The molecule has 2 rings (SSSR count). The van der Waals surface area contributed by atoms with Crippen molar-refractivity contribution in [3.8, 4) is 11.5 Å². The van der Waals surface area contributed by atoms with Gasteiger partial charge < -0.3 is 15.2 Å². The van der Waals surface area contributed by atoms with Crippen molar-refractivity contribution >= 4 is 17.6 Å². The van der Waals surface area contributed by atoms with Gasteiger partial charge >= 0.3 is 5.97 Å². The van der Waals surface area contributed by atoms with E-state index in [9.17, 15) is 4.79 Å². The van der Waals surface area contributed by atoms with Gasteiger partial charge in [-0.1, -0.05) is 43.1 Å². The van der Waals surface area contributed by atoms with Gasteiger partial charge in [0.1, 0.15) is 17.1 Å². The first-order chi connectivity index (χ1) is 12.3. The molecule has 0 atom stereocenters. The third-order valence-corrected chi connectivity index (χ3v) is 4.56. The molecule has 0 unspecified atom stereocenters. The Morgan fingerprint density at radius 3 is 2.46 bits per heavy atom. The number of halogens is 1. The predicted molar refractivity (Wildman–Crippen MR) is 105 cm³/mol. The lowest BCUT2D eigenvalue weighted by molar-refractivity contribution is 0.0729. The van der Waals surface area contributed by atoms with E-state index in [2.05, 4.69) is 6.92 Å². The summed E-state index contributed by atoms with van der Waals surface area (Å²) in [6.45, 7) is 8.10. The number of benzene rings is 2. The quantitative estimate of drug-likeness (QED) is 0.408. The van der Waals surface area contributed by atoms with Crippen LogP contribution in [-0.2, 0) is 5.54 Å². The van der Waals surface area contributed by atoms with Crippen LogP contribution in [0.1, 0.15) is 55.1 Å². The van der Waals surface area contributed by atoms with Gasteiger partial charge in [0.2, 0.25) is 0 Å². The lowest BCUT2D eigenvalue weighted by Crippen LogP contribution is -2.30. The minimum atomic E-state index is -0.660. The molecule has 0 saturated carbocycles. The molecule has 2 aromatic rings. The smallest absolute Gasteiger partial charge is 0.347 e. The van der Waals surface area contributed by atoms with E-state index in [1.54, 1.807) is 37.3 Å². The number of carbonyl (C=O) groups is 1. The van der Waals surface area contributed by atoms with E-state index in [1.165, 1.54) is 0 Å². The first-order valence-electron chi connectivity index (χ1n) is 8.78. The van der Waals surface area contributed by atoms with E-state index in [-0.39, 0.29) is 0 Å². The summed E-state index contributed by atoms with van der Waals surface area (Å²) in [4.78, 5) is 12.8. The molecule has 0 aliphatic carbocycles. The zero-order chi connectivity index (χ0) is 19.3. The molecule has 0 aromatic heterocycles. The van der Waals surface area contributed by atoms with Crippen LogP contribution >= 0.6 is 11.6 Å². The minimum absolute atomic E-state index is 0.336. The molecule has 2 aromatic carbocycles. The third kappa shape index (κ3) is 4.77. The van der Waals surface area contributed by atoms with Crippen molar-refractivity contribution in [2.45, 2.75) is 46.1 Å². The van der Waals surface area contributed by atoms with Crippen molar-refractivity contribution in [2.75, 3.05) is 6.61 Å². The summed E-state index contributed by atoms with van der Waals surface area (Å²) >= 11 is 6.52. The molecule has 0 aliphatic rings. The molecule has 0 heterocycles. The maximum Gasteiger partial charge on any atom is 0.347 e. The molecule has 5 heteroatoms. The number of esters is 1. The van der Waals surface area contributed by atoms with Crippen LogP contribution in [0.15, 0.2) is 36.4 Å². The second kappa shape index (κ2) is 8.56. The number of para-hydroxylation sites is 1. The molecule has 26 heavy (non-hydrogen) atoms. The Bertz CT molecular complexity index is 767. The van der Waals surface area contributed by atoms with Gasteiger partial charge in [-0.15, -0.1) is 0 Å². The van der Waals surface area contributed by atoms with Gasteiger partial charge in [-0.25, -0.2) is 4.79 Å². The molecule has 2 N–H and O–H groups in total. The Balaban J connectivity index is 2.47. The number of nitrogens with two attached hydrogens (primary N) is 1. The van der Waals surface area contributed by atoms with E-state index in [0.717, 1.165) is 18.4 Å². The minimum Gasteiger partial charge on any atom is -0.493 e. The van der Waals surface area contributed by atoms with Gasteiger partial charge in [-0.05, 0) is 56.5 Å². The molecule has 0 radical (unpaired) electrons. The summed E-state index contributed by atoms with van der Waals surface area (Å²) < 4.78 is 11.4. The largest absolute Gasteiger partial charge is 0.493 e. The highest BCUT2D eigenvalue weighted by molar-refractivity contribution is 6.33. The van der Waals surface area contributed by atoms with Crippen LogP contribution in [0.5, 0.6) is 11.5 Å². The van der Waals surface area contributed by atoms with Gasteiger partial charge in [-0.2, -0.15) is 0 Å². The second-order valence-electron chi connectivity index (χ2n) is 6.86. The Morgan fingerprint density at radius 2 is 1.88 bits per heavy atom. The summed E-state index contributed by atoms with van der Waals surface area (Å²) in [5, 5.41) is 0.459. The summed E-state index contributed by atoms with van der Waals surface area (Å²) in [6.07, 6.45) is 1.88. The van der Waals surface area contributed by atoms with Crippen molar-refractivity contribution in [3.05, 3.63) is 58.1 Å². The Labute approximate surface area is 160 Å². The van der Waals surface area contributed by atoms with Gasteiger partial charge in [0.15, 0.2) is 0 Å². The summed E-state index contributed by atoms with van der Waals surface area (Å²) in [5.41, 5.74) is 7.26. The Hall–Kier alpha value is -2.04. The summed E-state index contributed by atoms with van der Waals surface area (Å²) in [6, 6.07) is 10.7. The number of carbonyl (C=O) groups excluding carboxylic acids is 1. The standard InChI is InChI=1S/C21H26ClNO3/c1-5-6-12-25-17-13-16(21(3,4)23)19(22)14(2)18(17)20(24)26-15-10-8-7-9-11-15/h7-11,13H,5-6,12,23H2,1-4H3. The Kier molecular flexibility index (Phi) is 6.68. The summed E-state index contributed by atoms with van der Waals surface area (Å²) in [5.74, 6) is 0.425. The van der Waals surface area contributed by atoms with Gasteiger partial charge in [0, 0.05) is 10.6 Å². The monoisotopic (exact) mass is 375 g/mol. The van der Waals surface area contributed by atoms with Crippen LogP contribution < -0.4 is 15.2 Å². The zero-order valence-corrected chi connectivity index (χ0v) is 16.5. The molecular weight excluding hydrogens is 350 g/mol. The molecule has 0 fully saturated rings. The van der Waals surface area contributed by atoms with E-state index in [4.69, 9.17) is 26.8 Å². The first-order valence-corrected chi connectivity index (χ1v) is 9.16. The third-order valence-electron chi connectivity index (χ3n) is 4.07. The predicted octanol–water partition coefficient (Wildman–Crippen LogP) is 5.24. The molecular formula is C21H26ClNO3. The van der Waals surface area contributed by atoms with E-state index in [0.29, 0.717) is 34.3 Å². The first kappa shape index (κ1) is 20.3. The fourth-order valence-corrected chi connectivity index (χ4v) is 2.97. The molecule has 0 saturated heterocycles. The van der Waals surface area contributed by atoms with E-state index >= 15 is 0 Å². The van der Waals surface area contributed by atoms with Crippen molar-refractivity contribution in [1.29, 1.82) is 0 Å². The van der Waals surface area contributed by atoms with Gasteiger partial charge in [-0.3, -0.25) is 0 Å². The van der Waals surface area contributed by atoms with Crippen molar-refractivity contribution < 1.29 is 14.3 Å². The van der Waals surface area contributed by atoms with Crippen LogP contribution in [0.4, 0.5) is 0 Å². The van der Waals surface area contributed by atoms with Gasteiger partial charge in [0.25, 0.3) is 0 Å². The molecule has 0 amide bonds. The number of hydrogen-bond acceptors (Lipinski definition) is 4. The van der Waals surface area contributed by atoms with Crippen LogP contribution in [0, 0.1) is 6.92 Å². The van der Waals surface area contributed by atoms with Crippen molar-refractivity contribution in [1.82, 2.24) is 0 Å². The van der Waals surface area contributed by atoms with Crippen LogP contribution in [-0.4, -0.2) is 12.6 Å². The fourth-order valence-electron chi connectivity index (χ4n) is 2.57. The number of rotatable bonds is 7. The Morgan fingerprint density at radius 1 is 1.23 bits per heavy atom. The normalized spacial score (nSPS) is 11.3. The average molecular weight is 376 g/mol. The number of hydrogen-bond donors (Lipinski definition) is 1. The lowest BCUT2D eigenvalue weighted by atomic mass is 9.91. The van der Waals surface area contributed by atoms with E-state index < -0.39 is 11.5 Å². The van der Waals surface area contributed by atoms with Crippen molar-refractivity contribution in [3.63, 3.8) is 0 Å². The SMILES string of the molecule is CCCCOc1cc(C(C)(C)N)c(Cl)c(C)c1C(=O)Oc1ccccc1. The number of unbranched alkanes of at least 4 members (excludes halogenated alkanes) is 1. The number of ether oxygens (including phenoxy) is 2. The second-order valence-corrected chi connectivity index (χ2v) is 7.24. The highest BCUT2D eigenvalue weighted by atomic mass is 35.5. The highest BCUT2D eigenvalue weighted by Crippen LogP contribution is 2.37. The molecule has 140 valence electrons. The molecule has 0 aliphatic heterocycles. The topological polar surface area (TPSA) is 61.5 Å². The highest BCUT2D eigenvalue weighted by Gasteiger charge is 2.27. The average Bonchev–Trinajstić information content (AvgIpc) is 2.57.